The minimum absolute atomic E-state index is 0. The van der Waals surface area contributed by atoms with Gasteiger partial charge in [-0.25, -0.2) is 0 Å². The van der Waals surface area contributed by atoms with E-state index in [2.05, 4.69) is 16.0 Å². The molecule has 4 aromatic rings. The molecule has 0 unspecified atom stereocenters. The lowest BCUT2D eigenvalue weighted by molar-refractivity contribution is -0.137. The van der Waals surface area contributed by atoms with E-state index >= 15 is 0 Å². The first-order chi connectivity index (χ1) is 20.7. The topological polar surface area (TPSA) is 101 Å². The molecule has 0 bridgehead atoms. The van der Waals surface area contributed by atoms with Gasteiger partial charge in [-0.1, -0.05) is 6.07 Å². The first-order valence-corrected chi connectivity index (χ1v) is 14.8. The van der Waals surface area contributed by atoms with Crippen LogP contribution in [-0.4, -0.2) is 66.1 Å². The molecule has 1 aliphatic heterocycles. The van der Waals surface area contributed by atoms with Gasteiger partial charge in [0, 0.05) is 64.4 Å². The number of pyridine rings is 2. The van der Waals surface area contributed by atoms with Crippen LogP contribution in [0.5, 0.6) is 5.75 Å². The largest absolute Gasteiger partial charge is 0.493 e. The first-order valence-electron chi connectivity index (χ1n) is 14.8. The van der Waals surface area contributed by atoms with Crippen molar-refractivity contribution in [1.82, 2.24) is 14.5 Å². The van der Waals surface area contributed by atoms with Gasteiger partial charge < -0.3 is 28.4 Å². The fourth-order valence-corrected chi connectivity index (χ4v) is 5.55. The van der Waals surface area contributed by atoms with Gasteiger partial charge in [-0.05, 0) is 69.5 Å². The third-order valence-electron chi connectivity index (χ3n) is 8.11. The highest BCUT2D eigenvalue weighted by molar-refractivity contribution is 6.20. The Kier molecular flexibility index (Phi) is 12.2. The van der Waals surface area contributed by atoms with Crippen LogP contribution in [0, 0.1) is 5.41 Å². The van der Waals surface area contributed by atoms with Crippen molar-refractivity contribution in [1.29, 1.82) is 0 Å². The number of benzene rings is 1. The van der Waals surface area contributed by atoms with E-state index in [1.54, 1.807) is 53.7 Å². The summed E-state index contributed by atoms with van der Waals surface area (Å²) < 4.78 is 13.2. The monoisotopic (exact) mass is 657 g/mol. The molecule has 0 spiro atoms. The van der Waals surface area contributed by atoms with Crippen molar-refractivity contribution >= 4 is 59.0 Å². The number of hydrogen-bond donors (Lipinski definition) is 0. The minimum atomic E-state index is -1.15. The van der Waals surface area contributed by atoms with Crippen LogP contribution in [0.3, 0.4) is 0 Å². The number of amides is 2. The highest BCUT2D eigenvalue weighted by Crippen LogP contribution is 2.40. The molecule has 0 aliphatic carbocycles. The Morgan fingerprint density at radius 3 is 2.51 bits per heavy atom. The smallest absolute Gasteiger partial charge is 0.261 e. The maximum atomic E-state index is 13.2. The summed E-state index contributed by atoms with van der Waals surface area (Å²) in [4.78, 5) is 48.9. The van der Waals surface area contributed by atoms with Crippen molar-refractivity contribution in [3.63, 3.8) is 0 Å². The summed E-state index contributed by atoms with van der Waals surface area (Å²) in [5.74, 6) is 0.184. The molecule has 0 saturated carbocycles. The Morgan fingerprint density at radius 2 is 1.78 bits per heavy atom. The molecule has 5 rings (SSSR count). The van der Waals surface area contributed by atoms with Gasteiger partial charge in [0.05, 0.1) is 29.6 Å². The molecular formula is C33H41Cl2N5O5. The van der Waals surface area contributed by atoms with Crippen LogP contribution in [0.2, 0.25) is 0 Å². The van der Waals surface area contributed by atoms with E-state index < -0.39 is 5.41 Å². The molecule has 242 valence electrons. The second kappa shape index (κ2) is 15.4. The number of furan rings is 1. The van der Waals surface area contributed by atoms with E-state index in [4.69, 9.17) is 9.15 Å². The molecule has 0 N–H and O–H groups in total. The molecule has 4 heterocycles. The van der Waals surface area contributed by atoms with Crippen molar-refractivity contribution < 1.29 is 18.7 Å². The number of fused-ring (bicyclic) bond motifs is 2. The highest BCUT2D eigenvalue weighted by atomic mass is 35.5. The fraction of sp³-hybridized carbons (Fsp3) is 0.394. The lowest BCUT2D eigenvalue weighted by Gasteiger charge is -2.27. The van der Waals surface area contributed by atoms with E-state index in [1.165, 1.54) is 6.26 Å². The number of carbonyl (C=O) groups excluding carboxylic acids is 2. The fourth-order valence-electron chi connectivity index (χ4n) is 5.55. The number of aromatic nitrogens is 2. The number of rotatable bonds is 12. The average Bonchev–Trinajstić information content (AvgIpc) is 3.49. The molecule has 0 atom stereocenters. The second-order valence-electron chi connectivity index (χ2n) is 11.4. The number of hydrogen-bond acceptors (Lipinski definition) is 7. The van der Waals surface area contributed by atoms with E-state index in [9.17, 15) is 14.4 Å². The van der Waals surface area contributed by atoms with Gasteiger partial charge in [-0.2, -0.15) is 0 Å². The van der Waals surface area contributed by atoms with Crippen molar-refractivity contribution in [2.45, 2.75) is 40.2 Å². The number of anilines is 2. The molecule has 1 aromatic carbocycles. The summed E-state index contributed by atoms with van der Waals surface area (Å²) in [5.41, 5.74) is 1.90. The van der Waals surface area contributed by atoms with Crippen molar-refractivity contribution in [3.05, 3.63) is 83.2 Å². The Balaban J connectivity index is 0.00000276. The zero-order valence-corrected chi connectivity index (χ0v) is 27.7. The molecule has 12 heteroatoms. The summed E-state index contributed by atoms with van der Waals surface area (Å²) in [6.07, 6.45) is 8.58. The van der Waals surface area contributed by atoms with E-state index in [0.29, 0.717) is 54.3 Å². The zero-order valence-electron chi connectivity index (χ0n) is 26.1. The highest BCUT2D eigenvalue weighted by Gasteiger charge is 2.45. The summed E-state index contributed by atoms with van der Waals surface area (Å²) >= 11 is 0. The zero-order chi connectivity index (χ0) is 30.6. The predicted octanol–water partition coefficient (Wildman–Crippen LogP) is 5.20. The van der Waals surface area contributed by atoms with Crippen LogP contribution in [0.1, 0.15) is 32.8 Å². The van der Waals surface area contributed by atoms with Crippen LogP contribution < -0.4 is 20.1 Å². The van der Waals surface area contributed by atoms with Gasteiger partial charge >= 0.3 is 0 Å². The molecule has 1 aliphatic rings. The van der Waals surface area contributed by atoms with Gasteiger partial charge in [-0.15, -0.1) is 24.8 Å². The normalized spacial score (nSPS) is 14.2. The summed E-state index contributed by atoms with van der Waals surface area (Å²) in [7, 11) is 1.70. The molecule has 45 heavy (non-hydrogen) atoms. The molecular weight excluding hydrogens is 617 g/mol. The maximum Gasteiger partial charge on any atom is 0.261 e. The predicted molar refractivity (Wildman–Crippen MR) is 181 cm³/mol. The summed E-state index contributed by atoms with van der Waals surface area (Å²) in [5, 5.41) is 0.584. The van der Waals surface area contributed by atoms with Crippen molar-refractivity contribution in [3.8, 4) is 5.75 Å². The molecule has 2 amide bonds. The van der Waals surface area contributed by atoms with Gasteiger partial charge in [0.15, 0.2) is 0 Å². The van der Waals surface area contributed by atoms with Gasteiger partial charge in [0.1, 0.15) is 16.7 Å². The lowest BCUT2D eigenvalue weighted by atomic mass is 9.90. The van der Waals surface area contributed by atoms with Crippen LogP contribution in [-0.2, 0) is 22.6 Å². The van der Waals surface area contributed by atoms with Crippen LogP contribution in [0.4, 0.5) is 11.4 Å². The molecule has 0 fully saturated rings. The van der Waals surface area contributed by atoms with Crippen LogP contribution in [0.25, 0.3) is 11.0 Å². The quantitative estimate of drug-likeness (QED) is 0.152. The molecule has 10 nitrogen and oxygen atoms in total. The van der Waals surface area contributed by atoms with Crippen molar-refractivity contribution in [2.24, 2.45) is 5.41 Å². The summed E-state index contributed by atoms with van der Waals surface area (Å²) in [6, 6.07) is 13.1. The lowest BCUT2D eigenvalue weighted by Crippen LogP contribution is -2.47. The van der Waals surface area contributed by atoms with Gasteiger partial charge in [0.25, 0.3) is 5.56 Å². The van der Waals surface area contributed by atoms with Gasteiger partial charge in [-0.3, -0.25) is 19.4 Å². The Labute approximate surface area is 275 Å². The molecule has 0 radical (unpaired) electrons. The number of nitrogens with zero attached hydrogens (tertiary/aromatic N) is 5. The Hall–Kier alpha value is -3.86. The maximum absolute atomic E-state index is 13.2. The third kappa shape index (κ3) is 7.69. The standard InChI is InChI=1S/C33H39N5O5.2ClH/c1-5-38-27-10-9-25(22-28(27)35(4)31(40)33(2,3)32(38)41)42-20-7-15-36(16-11-24-8-6-14-34-23-24)18-19-37-17-12-29-26(30(37)39)13-21-43-29;;/h6,8-10,12-14,17,21-23H,5,7,11,15-16,18-20H2,1-4H3;2*1H. The molecule has 0 saturated heterocycles. The van der Waals surface area contributed by atoms with Crippen LogP contribution >= 0.6 is 24.8 Å². The number of carbonyl (C=O) groups is 2. The number of halogens is 2. The van der Waals surface area contributed by atoms with Gasteiger partial charge in [0.2, 0.25) is 11.8 Å². The van der Waals surface area contributed by atoms with Crippen molar-refractivity contribution in [2.75, 3.05) is 49.6 Å². The number of ether oxygens (including phenoxy) is 1. The average molecular weight is 659 g/mol. The Bertz CT molecular complexity index is 1660. The summed E-state index contributed by atoms with van der Waals surface area (Å²) in [6.45, 7) is 9.04. The Morgan fingerprint density at radius 1 is 0.978 bits per heavy atom. The third-order valence-corrected chi connectivity index (χ3v) is 8.11. The minimum Gasteiger partial charge on any atom is -0.493 e. The van der Waals surface area contributed by atoms with E-state index in [0.717, 1.165) is 31.5 Å². The first kappa shape index (κ1) is 35.6. The van der Waals surface area contributed by atoms with Crippen LogP contribution in [0.15, 0.2) is 76.5 Å². The SMILES string of the molecule is CCN1C(=O)C(C)(C)C(=O)N(C)c2cc(OCCCN(CCc3cccnc3)CCn3ccc4occc4c3=O)ccc21.Cl.Cl. The second-order valence-corrected chi connectivity index (χ2v) is 11.4. The van der Waals surface area contributed by atoms with E-state index in [-0.39, 0.29) is 42.2 Å². The molecule has 3 aromatic heterocycles. The van der Waals surface area contributed by atoms with E-state index in [1.807, 2.05) is 43.5 Å².